The maximum atomic E-state index is 16.2. The molecule has 2 unspecified atom stereocenters. The first-order valence-corrected chi connectivity index (χ1v) is 14.6. The summed E-state index contributed by atoms with van der Waals surface area (Å²) in [5.41, 5.74) is 1.72. The molecule has 1 N–H and O–H groups in total. The number of rotatable bonds is 4. The van der Waals surface area contributed by atoms with E-state index in [-0.39, 0.29) is 35.1 Å². The number of likely N-dealkylation sites (N-methyl/N-ethyl adjacent to an activating group) is 1. The summed E-state index contributed by atoms with van der Waals surface area (Å²) in [5, 5.41) is 10.9. The number of amides is 1. The van der Waals surface area contributed by atoms with E-state index in [1.165, 1.54) is 28.8 Å². The van der Waals surface area contributed by atoms with Crippen LogP contribution in [0.15, 0.2) is 54.0 Å². The fraction of sp³-hybridized carbons (Fsp3) is 0.333. The monoisotopic (exact) mass is 600 g/mol. The molecule has 1 amide bonds. The zero-order chi connectivity index (χ0) is 31.6. The maximum Gasteiger partial charge on any atom is 0.282 e. The van der Waals surface area contributed by atoms with Crippen molar-refractivity contribution in [3.63, 3.8) is 0 Å². The van der Waals surface area contributed by atoms with Gasteiger partial charge in [-0.15, -0.1) is 0 Å². The molecule has 9 nitrogen and oxygen atoms in total. The van der Waals surface area contributed by atoms with Crippen molar-refractivity contribution in [2.45, 2.75) is 45.7 Å². The minimum absolute atomic E-state index is 0.0731. The SMILES string of the molecule is C=CC(=O)N1CC(C)N2c3c(c(=O)n(-c4c(C)ccnc4C(C)C)c4nc(-c5c(O)cccc5F)c(F)cc34)N(C)CC2C1. The van der Waals surface area contributed by atoms with Crippen LogP contribution in [0.1, 0.15) is 37.9 Å². The number of phenols is 1. The molecule has 2 aliphatic heterocycles. The van der Waals surface area contributed by atoms with Gasteiger partial charge in [-0.1, -0.05) is 26.5 Å². The number of aromatic hydroxyl groups is 1. The number of benzene rings is 1. The van der Waals surface area contributed by atoms with Gasteiger partial charge in [0, 0.05) is 44.3 Å². The normalized spacial score (nSPS) is 18.0. The highest BCUT2D eigenvalue weighted by Crippen LogP contribution is 2.44. The average Bonchev–Trinajstić information content (AvgIpc) is 2.97. The van der Waals surface area contributed by atoms with E-state index in [0.717, 1.165) is 11.6 Å². The van der Waals surface area contributed by atoms with Crippen LogP contribution in [-0.4, -0.2) is 69.2 Å². The third kappa shape index (κ3) is 4.40. The summed E-state index contributed by atoms with van der Waals surface area (Å²) < 4.78 is 32.7. The van der Waals surface area contributed by atoms with Crippen molar-refractivity contribution < 1.29 is 18.7 Å². The molecule has 0 aliphatic carbocycles. The number of carbonyl (C=O) groups excluding carboxylic acids is 1. The molecular weight excluding hydrogens is 566 g/mol. The van der Waals surface area contributed by atoms with Crippen LogP contribution in [0.25, 0.3) is 28.0 Å². The Bertz CT molecular complexity index is 1890. The molecule has 0 radical (unpaired) electrons. The Morgan fingerprint density at radius 2 is 1.86 bits per heavy atom. The van der Waals surface area contributed by atoms with E-state index in [1.54, 1.807) is 17.2 Å². The number of carbonyl (C=O) groups is 1. The Morgan fingerprint density at radius 1 is 1.11 bits per heavy atom. The van der Waals surface area contributed by atoms with Gasteiger partial charge in [0.25, 0.3) is 5.56 Å². The Hall–Kier alpha value is -4.80. The predicted octanol–water partition coefficient (Wildman–Crippen LogP) is 4.90. The molecule has 44 heavy (non-hydrogen) atoms. The number of halogens is 2. The largest absolute Gasteiger partial charge is 0.507 e. The first-order valence-electron chi connectivity index (χ1n) is 14.6. The number of nitrogens with zero attached hydrogens (tertiary/aromatic N) is 6. The van der Waals surface area contributed by atoms with Crippen molar-refractivity contribution >= 4 is 28.3 Å². The van der Waals surface area contributed by atoms with Gasteiger partial charge in [-0.2, -0.15) is 0 Å². The van der Waals surface area contributed by atoms with Gasteiger partial charge in [0.2, 0.25) is 5.91 Å². The molecule has 4 aromatic rings. The molecule has 11 heteroatoms. The van der Waals surface area contributed by atoms with Crippen LogP contribution in [0.2, 0.25) is 0 Å². The lowest BCUT2D eigenvalue weighted by Crippen LogP contribution is -2.64. The lowest BCUT2D eigenvalue weighted by Gasteiger charge is -2.52. The standard InChI is InChI=1S/C33H34F2N6O3/c1-7-25(43)39-14-19(5)40-20(16-39)15-38(6)31-30(40)21-13-23(35)28(26-22(34)9-8-10-24(26)42)37-32(21)41(33(31)44)29-18(4)11-12-36-27(29)17(2)3/h7-13,17,19-20,42H,1,14-16H2,2-6H3. The van der Waals surface area contributed by atoms with Crippen molar-refractivity contribution in [2.24, 2.45) is 0 Å². The molecular formula is C33H34F2N6O3. The summed E-state index contributed by atoms with van der Waals surface area (Å²) in [7, 11) is 1.81. The molecule has 228 valence electrons. The highest BCUT2D eigenvalue weighted by atomic mass is 19.1. The van der Waals surface area contributed by atoms with Crippen molar-refractivity contribution in [3.05, 3.63) is 82.4 Å². The highest BCUT2D eigenvalue weighted by molar-refractivity contribution is 6.00. The van der Waals surface area contributed by atoms with Gasteiger partial charge in [0.15, 0.2) is 11.5 Å². The van der Waals surface area contributed by atoms with Crippen molar-refractivity contribution in [3.8, 4) is 22.7 Å². The number of aryl methyl sites for hydroxylation is 1. The zero-order valence-corrected chi connectivity index (χ0v) is 25.3. The smallest absolute Gasteiger partial charge is 0.282 e. The molecule has 2 atom stereocenters. The molecule has 5 heterocycles. The molecule has 3 aromatic heterocycles. The van der Waals surface area contributed by atoms with E-state index in [4.69, 9.17) is 0 Å². The summed E-state index contributed by atoms with van der Waals surface area (Å²) in [5.74, 6) is -2.43. The second-order valence-electron chi connectivity index (χ2n) is 11.9. The number of phenolic OH excluding ortho intramolecular Hbond substituents is 1. The van der Waals surface area contributed by atoms with Crippen molar-refractivity contribution in [1.82, 2.24) is 19.4 Å². The minimum atomic E-state index is -0.852. The summed E-state index contributed by atoms with van der Waals surface area (Å²) >= 11 is 0. The fourth-order valence-corrected chi connectivity index (χ4v) is 6.72. The Balaban J connectivity index is 1.74. The fourth-order valence-electron chi connectivity index (χ4n) is 6.72. The Morgan fingerprint density at radius 3 is 2.55 bits per heavy atom. The van der Waals surface area contributed by atoms with Gasteiger partial charge >= 0.3 is 0 Å². The van der Waals surface area contributed by atoms with Crippen LogP contribution in [0.4, 0.5) is 20.2 Å². The number of piperazine rings is 1. The van der Waals surface area contributed by atoms with E-state index in [2.05, 4.69) is 21.4 Å². The first kappa shape index (κ1) is 29.3. The summed E-state index contributed by atoms with van der Waals surface area (Å²) in [4.78, 5) is 42.2. The van der Waals surface area contributed by atoms with Crippen LogP contribution in [0.5, 0.6) is 5.75 Å². The number of anilines is 2. The van der Waals surface area contributed by atoms with Crippen LogP contribution in [-0.2, 0) is 4.79 Å². The molecule has 0 spiro atoms. The van der Waals surface area contributed by atoms with Crippen molar-refractivity contribution in [1.29, 1.82) is 0 Å². The van der Waals surface area contributed by atoms with Crippen molar-refractivity contribution in [2.75, 3.05) is 36.5 Å². The number of aromatic nitrogens is 3. The first-order chi connectivity index (χ1) is 20.9. The van der Waals surface area contributed by atoms with Crippen LogP contribution < -0.4 is 15.4 Å². The van der Waals surface area contributed by atoms with Gasteiger partial charge in [-0.05, 0) is 55.7 Å². The molecule has 1 aromatic carbocycles. The third-order valence-electron chi connectivity index (χ3n) is 8.60. The summed E-state index contributed by atoms with van der Waals surface area (Å²) in [6, 6.07) is 6.33. The molecule has 0 bridgehead atoms. The number of pyridine rings is 3. The Labute approximate surface area is 253 Å². The van der Waals surface area contributed by atoms with E-state index < -0.39 is 28.6 Å². The average molecular weight is 601 g/mol. The van der Waals surface area contributed by atoms with Crippen LogP contribution in [0.3, 0.4) is 0 Å². The van der Waals surface area contributed by atoms with Gasteiger partial charge in [0.05, 0.1) is 28.7 Å². The van der Waals surface area contributed by atoms with Gasteiger partial charge in [-0.25, -0.2) is 13.8 Å². The Kier molecular flexibility index (Phi) is 7.14. The second-order valence-corrected chi connectivity index (χ2v) is 11.9. The van der Waals surface area contributed by atoms with Crippen LogP contribution in [0, 0.1) is 18.6 Å². The van der Waals surface area contributed by atoms with Gasteiger partial charge in [0.1, 0.15) is 22.9 Å². The maximum absolute atomic E-state index is 16.2. The molecule has 6 rings (SSSR count). The topological polar surface area (TPSA) is 94.8 Å². The summed E-state index contributed by atoms with van der Waals surface area (Å²) in [6.07, 6.45) is 2.97. The predicted molar refractivity (Wildman–Crippen MR) is 167 cm³/mol. The lowest BCUT2D eigenvalue weighted by molar-refractivity contribution is -0.127. The number of hydrogen-bond acceptors (Lipinski definition) is 7. The van der Waals surface area contributed by atoms with E-state index >= 15 is 8.78 Å². The van der Waals surface area contributed by atoms with Crippen LogP contribution >= 0.6 is 0 Å². The molecule has 2 aliphatic rings. The third-order valence-corrected chi connectivity index (χ3v) is 8.60. The second kappa shape index (κ2) is 10.7. The number of hydrogen-bond donors (Lipinski definition) is 1. The van der Waals surface area contributed by atoms with Gasteiger partial charge in [-0.3, -0.25) is 19.1 Å². The van der Waals surface area contributed by atoms with E-state index in [9.17, 15) is 14.7 Å². The van der Waals surface area contributed by atoms with Gasteiger partial charge < -0.3 is 19.8 Å². The highest BCUT2D eigenvalue weighted by Gasteiger charge is 2.42. The molecule has 1 saturated heterocycles. The quantitative estimate of drug-likeness (QED) is 0.333. The van der Waals surface area contributed by atoms with E-state index in [0.29, 0.717) is 47.8 Å². The minimum Gasteiger partial charge on any atom is -0.507 e. The number of fused-ring (bicyclic) bond motifs is 5. The summed E-state index contributed by atoms with van der Waals surface area (Å²) in [6.45, 7) is 12.6. The van der Waals surface area contributed by atoms with E-state index in [1.807, 2.05) is 39.6 Å². The lowest BCUT2D eigenvalue weighted by atomic mass is 9.97. The molecule has 1 fully saturated rings. The zero-order valence-electron chi connectivity index (χ0n) is 25.3. The molecule has 0 saturated carbocycles.